The van der Waals surface area contributed by atoms with Crippen LogP contribution in [0.4, 0.5) is 10.3 Å². The van der Waals surface area contributed by atoms with Gasteiger partial charge in [-0.2, -0.15) is 0 Å². The predicted molar refractivity (Wildman–Crippen MR) is 92.9 cm³/mol. The largest absolute Gasteiger partial charge is 0.341 e. The Labute approximate surface area is 144 Å². The fraction of sp³-hybridized carbons (Fsp3) is 0.333. The van der Waals surface area contributed by atoms with Crippen LogP contribution in [0.1, 0.15) is 12.8 Å². The summed E-state index contributed by atoms with van der Waals surface area (Å²) in [7, 11) is 0. The van der Waals surface area contributed by atoms with Crippen molar-refractivity contribution in [1.29, 1.82) is 0 Å². The van der Waals surface area contributed by atoms with Crippen molar-refractivity contribution < 1.29 is 4.39 Å². The molecular formula is C18H18FN5O. The highest BCUT2D eigenvalue weighted by Gasteiger charge is 2.22. The number of hydrogen-bond acceptors (Lipinski definition) is 5. The number of anilines is 1. The Morgan fingerprint density at radius 3 is 2.56 bits per heavy atom. The van der Waals surface area contributed by atoms with Crippen molar-refractivity contribution in [2.75, 3.05) is 18.0 Å². The van der Waals surface area contributed by atoms with E-state index in [0.29, 0.717) is 23.8 Å². The molecule has 6 nitrogen and oxygen atoms in total. The summed E-state index contributed by atoms with van der Waals surface area (Å²) in [6.45, 7) is 2.26. The van der Waals surface area contributed by atoms with E-state index in [0.717, 1.165) is 31.4 Å². The van der Waals surface area contributed by atoms with Gasteiger partial charge in [0.25, 0.3) is 5.56 Å². The van der Waals surface area contributed by atoms with Crippen LogP contribution < -0.4 is 10.5 Å². The molecular weight excluding hydrogens is 321 g/mol. The third-order valence-corrected chi connectivity index (χ3v) is 4.69. The maximum absolute atomic E-state index is 12.9. The third-order valence-electron chi connectivity index (χ3n) is 4.69. The topological polar surface area (TPSA) is 63.9 Å². The maximum atomic E-state index is 12.9. The van der Waals surface area contributed by atoms with Crippen LogP contribution in [0, 0.1) is 11.7 Å². The molecule has 3 aromatic rings. The standard InChI is InChI=1S/C18H18FN5O/c19-14-9-20-18(21-10-14)23-7-5-13(6-8-23)11-24-12-22-16-4-2-1-3-15(16)17(24)25/h1-4,9-10,12-13H,5-8,11H2. The molecule has 1 aliphatic heterocycles. The van der Waals surface area contributed by atoms with Crippen LogP contribution >= 0.6 is 0 Å². The van der Waals surface area contributed by atoms with Gasteiger partial charge in [-0.05, 0) is 30.9 Å². The van der Waals surface area contributed by atoms with E-state index in [1.165, 1.54) is 12.4 Å². The summed E-state index contributed by atoms with van der Waals surface area (Å²) >= 11 is 0. The van der Waals surface area contributed by atoms with Crippen LogP contribution in [0.25, 0.3) is 10.9 Å². The average Bonchev–Trinajstić information content (AvgIpc) is 2.66. The maximum Gasteiger partial charge on any atom is 0.261 e. The SMILES string of the molecule is O=c1c2ccccc2ncn1CC1CCN(c2ncc(F)cn2)CC1. The molecule has 2 aromatic heterocycles. The Hall–Kier alpha value is -2.83. The van der Waals surface area contributed by atoms with Gasteiger partial charge in [-0.1, -0.05) is 12.1 Å². The first kappa shape index (κ1) is 15.7. The lowest BCUT2D eigenvalue weighted by Gasteiger charge is -2.32. The molecule has 7 heteroatoms. The second-order valence-electron chi connectivity index (χ2n) is 6.35. The Kier molecular flexibility index (Phi) is 4.13. The van der Waals surface area contributed by atoms with Crippen LogP contribution in [0.2, 0.25) is 0 Å². The lowest BCUT2D eigenvalue weighted by Crippen LogP contribution is -2.37. The first-order valence-corrected chi connectivity index (χ1v) is 8.37. The van der Waals surface area contributed by atoms with Gasteiger partial charge in [-0.25, -0.2) is 19.3 Å². The van der Waals surface area contributed by atoms with Crippen LogP contribution in [0.15, 0.2) is 47.8 Å². The molecule has 1 fully saturated rings. The van der Waals surface area contributed by atoms with Gasteiger partial charge in [0.05, 0.1) is 29.6 Å². The zero-order valence-electron chi connectivity index (χ0n) is 13.7. The summed E-state index contributed by atoms with van der Waals surface area (Å²) in [5.41, 5.74) is 0.738. The molecule has 1 aliphatic rings. The molecule has 4 rings (SSSR count). The molecule has 128 valence electrons. The monoisotopic (exact) mass is 339 g/mol. The van der Waals surface area contributed by atoms with Gasteiger partial charge in [0.1, 0.15) is 0 Å². The van der Waals surface area contributed by atoms with Gasteiger partial charge >= 0.3 is 0 Å². The van der Waals surface area contributed by atoms with Gasteiger partial charge in [0.15, 0.2) is 5.82 Å². The van der Waals surface area contributed by atoms with Crippen LogP contribution in [-0.4, -0.2) is 32.6 Å². The first-order valence-electron chi connectivity index (χ1n) is 8.37. The number of fused-ring (bicyclic) bond motifs is 1. The van der Waals surface area contributed by atoms with Crippen molar-refractivity contribution in [2.24, 2.45) is 5.92 Å². The number of rotatable bonds is 3. The molecule has 0 unspecified atom stereocenters. The van der Waals surface area contributed by atoms with E-state index < -0.39 is 5.82 Å². The summed E-state index contributed by atoms with van der Waals surface area (Å²) in [5.74, 6) is 0.531. The predicted octanol–water partition coefficient (Wildman–Crippen LogP) is 2.24. The summed E-state index contributed by atoms with van der Waals surface area (Å²) in [5, 5.41) is 0.655. The third kappa shape index (κ3) is 3.22. The zero-order valence-corrected chi connectivity index (χ0v) is 13.7. The van der Waals surface area contributed by atoms with Crippen molar-refractivity contribution >= 4 is 16.9 Å². The summed E-state index contributed by atoms with van der Waals surface area (Å²) in [4.78, 5) is 27.1. The number of benzene rings is 1. The molecule has 0 N–H and O–H groups in total. The molecule has 0 aliphatic carbocycles. The highest BCUT2D eigenvalue weighted by Crippen LogP contribution is 2.21. The molecule has 0 amide bonds. The van der Waals surface area contributed by atoms with Gasteiger partial charge in [-0.3, -0.25) is 9.36 Å². The molecule has 1 saturated heterocycles. The van der Waals surface area contributed by atoms with E-state index in [2.05, 4.69) is 19.9 Å². The van der Waals surface area contributed by atoms with E-state index in [9.17, 15) is 9.18 Å². The van der Waals surface area contributed by atoms with E-state index in [1.54, 1.807) is 10.9 Å². The van der Waals surface area contributed by atoms with Gasteiger partial charge in [-0.15, -0.1) is 0 Å². The lowest BCUT2D eigenvalue weighted by molar-refractivity contribution is 0.350. The molecule has 25 heavy (non-hydrogen) atoms. The first-order chi connectivity index (χ1) is 12.2. The van der Waals surface area contributed by atoms with E-state index in [-0.39, 0.29) is 5.56 Å². The van der Waals surface area contributed by atoms with Crippen molar-refractivity contribution in [3.8, 4) is 0 Å². The molecule has 0 saturated carbocycles. The minimum atomic E-state index is -0.429. The summed E-state index contributed by atoms with van der Waals surface area (Å²) in [6, 6.07) is 7.40. The fourth-order valence-corrected chi connectivity index (χ4v) is 3.30. The highest BCUT2D eigenvalue weighted by molar-refractivity contribution is 5.76. The molecule has 0 spiro atoms. The quantitative estimate of drug-likeness (QED) is 0.732. The van der Waals surface area contributed by atoms with Crippen LogP contribution in [0.5, 0.6) is 0 Å². The van der Waals surface area contributed by atoms with Crippen molar-refractivity contribution in [1.82, 2.24) is 19.5 Å². The van der Waals surface area contributed by atoms with Crippen LogP contribution in [0.3, 0.4) is 0 Å². The number of piperidine rings is 1. The lowest BCUT2D eigenvalue weighted by atomic mass is 9.97. The molecule has 0 bridgehead atoms. The number of halogens is 1. The minimum absolute atomic E-state index is 0.00916. The van der Waals surface area contributed by atoms with E-state index >= 15 is 0 Å². The summed E-state index contributed by atoms with van der Waals surface area (Å²) in [6.07, 6.45) is 5.88. The number of para-hydroxylation sites is 1. The van der Waals surface area contributed by atoms with Gasteiger partial charge in [0.2, 0.25) is 5.95 Å². The Morgan fingerprint density at radius 1 is 1.08 bits per heavy atom. The van der Waals surface area contributed by atoms with E-state index in [4.69, 9.17) is 0 Å². The second-order valence-corrected chi connectivity index (χ2v) is 6.35. The number of aromatic nitrogens is 4. The normalized spacial score (nSPS) is 15.6. The smallest absolute Gasteiger partial charge is 0.261 e. The minimum Gasteiger partial charge on any atom is -0.341 e. The molecule has 0 atom stereocenters. The molecule has 3 heterocycles. The van der Waals surface area contributed by atoms with Gasteiger partial charge in [0, 0.05) is 19.6 Å². The number of hydrogen-bond donors (Lipinski definition) is 0. The Balaban J connectivity index is 1.44. The Morgan fingerprint density at radius 2 is 1.80 bits per heavy atom. The highest BCUT2D eigenvalue weighted by atomic mass is 19.1. The fourth-order valence-electron chi connectivity index (χ4n) is 3.30. The Bertz CT molecular complexity index is 932. The molecule has 0 radical (unpaired) electrons. The zero-order chi connectivity index (χ0) is 17.2. The van der Waals surface area contributed by atoms with E-state index in [1.807, 2.05) is 24.3 Å². The van der Waals surface area contributed by atoms with Crippen molar-refractivity contribution in [3.05, 3.63) is 59.2 Å². The summed E-state index contributed by atoms with van der Waals surface area (Å²) < 4.78 is 14.6. The second kappa shape index (κ2) is 6.58. The average molecular weight is 339 g/mol. The van der Waals surface area contributed by atoms with Crippen molar-refractivity contribution in [2.45, 2.75) is 19.4 Å². The molecule has 1 aromatic carbocycles. The number of nitrogens with zero attached hydrogens (tertiary/aromatic N) is 5. The van der Waals surface area contributed by atoms with Crippen LogP contribution in [-0.2, 0) is 6.54 Å². The van der Waals surface area contributed by atoms with Crippen molar-refractivity contribution in [3.63, 3.8) is 0 Å². The van der Waals surface area contributed by atoms with Gasteiger partial charge < -0.3 is 4.90 Å².